The van der Waals surface area contributed by atoms with Crippen LogP contribution in [0.15, 0.2) is 23.8 Å². The first-order valence-electron chi connectivity index (χ1n) is 4.54. The van der Waals surface area contributed by atoms with Crippen LogP contribution in [0.1, 0.15) is 13.3 Å². The van der Waals surface area contributed by atoms with Gasteiger partial charge in [0.05, 0.1) is 0 Å². The first-order chi connectivity index (χ1) is 6.25. The van der Waals surface area contributed by atoms with Crippen LogP contribution in [0.3, 0.4) is 0 Å². The molecule has 0 atom stereocenters. The molecule has 0 aromatic rings. The summed E-state index contributed by atoms with van der Waals surface area (Å²) in [6.45, 7) is 7.87. The highest BCUT2D eigenvalue weighted by Crippen LogP contribution is 2.08. The molecule has 13 heavy (non-hydrogen) atoms. The van der Waals surface area contributed by atoms with E-state index in [9.17, 15) is 4.79 Å². The molecule has 0 radical (unpaired) electrons. The van der Waals surface area contributed by atoms with E-state index in [1.54, 1.807) is 6.08 Å². The Morgan fingerprint density at radius 2 is 2.38 bits per heavy atom. The predicted octanol–water partition coefficient (Wildman–Crippen LogP) is 0.598. The smallest absolute Gasteiger partial charge is 0.246 e. The Hall–Kier alpha value is -1.09. The molecule has 0 aromatic carbocycles. The number of carbonyl (C=O) groups excluding carboxylic acids is 1. The standard InChI is InChI=1S/C10H16N2O/c1-3-4-5-12-10(13)8(2)9-6-11-7-9/h3,11H,1,4-7H2,2H3,(H,12,13). The minimum absolute atomic E-state index is 0.0540. The number of amides is 1. The first-order valence-corrected chi connectivity index (χ1v) is 4.54. The van der Waals surface area contributed by atoms with Crippen molar-refractivity contribution >= 4 is 5.91 Å². The lowest BCUT2D eigenvalue weighted by atomic mass is 10.0. The summed E-state index contributed by atoms with van der Waals surface area (Å²) >= 11 is 0. The molecule has 72 valence electrons. The summed E-state index contributed by atoms with van der Waals surface area (Å²) in [6.07, 6.45) is 2.63. The Bertz CT molecular complexity index is 237. The maximum atomic E-state index is 11.4. The van der Waals surface area contributed by atoms with Gasteiger partial charge in [-0.3, -0.25) is 4.79 Å². The highest BCUT2D eigenvalue weighted by Gasteiger charge is 2.14. The Balaban J connectivity index is 2.34. The molecule has 1 aliphatic heterocycles. The third kappa shape index (κ3) is 2.70. The van der Waals surface area contributed by atoms with Gasteiger partial charge in [0.2, 0.25) is 5.91 Å². The van der Waals surface area contributed by atoms with Crippen molar-refractivity contribution in [2.45, 2.75) is 13.3 Å². The van der Waals surface area contributed by atoms with Gasteiger partial charge in [-0.1, -0.05) is 6.08 Å². The van der Waals surface area contributed by atoms with Crippen LogP contribution in [0, 0.1) is 0 Å². The maximum Gasteiger partial charge on any atom is 0.246 e. The Labute approximate surface area is 78.9 Å². The summed E-state index contributed by atoms with van der Waals surface area (Å²) in [5, 5.41) is 5.95. The molecule has 0 aromatic heterocycles. The molecule has 1 heterocycles. The zero-order valence-corrected chi connectivity index (χ0v) is 8.02. The van der Waals surface area contributed by atoms with Gasteiger partial charge in [0, 0.05) is 25.2 Å². The van der Waals surface area contributed by atoms with Crippen molar-refractivity contribution in [3.05, 3.63) is 23.8 Å². The van der Waals surface area contributed by atoms with Crippen LogP contribution < -0.4 is 10.6 Å². The zero-order chi connectivity index (χ0) is 9.68. The topological polar surface area (TPSA) is 41.1 Å². The van der Waals surface area contributed by atoms with Crippen molar-refractivity contribution in [3.8, 4) is 0 Å². The molecule has 3 heteroatoms. The summed E-state index contributed by atoms with van der Waals surface area (Å²) in [5.74, 6) is 0.0540. The normalized spacial score (nSPS) is 14.7. The van der Waals surface area contributed by atoms with Gasteiger partial charge in [-0.2, -0.15) is 0 Å². The maximum absolute atomic E-state index is 11.4. The fraction of sp³-hybridized carbons (Fsp3) is 0.500. The quantitative estimate of drug-likeness (QED) is 0.378. The van der Waals surface area contributed by atoms with Gasteiger partial charge >= 0.3 is 0 Å². The lowest BCUT2D eigenvalue weighted by molar-refractivity contribution is -0.117. The summed E-state index contributed by atoms with van der Waals surface area (Å²) in [7, 11) is 0. The highest BCUT2D eigenvalue weighted by atomic mass is 16.1. The van der Waals surface area contributed by atoms with E-state index in [1.165, 1.54) is 5.57 Å². The van der Waals surface area contributed by atoms with Crippen molar-refractivity contribution < 1.29 is 4.79 Å². The van der Waals surface area contributed by atoms with Crippen LogP contribution in [0.2, 0.25) is 0 Å². The van der Waals surface area contributed by atoms with E-state index in [0.717, 1.165) is 25.1 Å². The molecule has 0 aliphatic carbocycles. The molecule has 2 N–H and O–H groups in total. The fourth-order valence-corrected chi connectivity index (χ4v) is 1.10. The van der Waals surface area contributed by atoms with E-state index in [-0.39, 0.29) is 5.91 Å². The minimum Gasteiger partial charge on any atom is -0.352 e. The summed E-state index contributed by atoms with van der Waals surface area (Å²) in [4.78, 5) is 11.4. The number of hydrogen-bond donors (Lipinski definition) is 2. The molecular weight excluding hydrogens is 164 g/mol. The molecule has 1 rings (SSSR count). The molecule has 0 saturated carbocycles. The Morgan fingerprint density at radius 3 is 2.85 bits per heavy atom. The highest BCUT2D eigenvalue weighted by molar-refractivity contribution is 5.93. The Kier molecular flexibility index (Phi) is 3.71. The molecule has 1 aliphatic rings. The second kappa shape index (κ2) is 4.82. The van der Waals surface area contributed by atoms with E-state index in [4.69, 9.17) is 0 Å². The van der Waals surface area contributed by atoms with Crippen molar-refractivity contribution in [2.24, 2.45) is 0 Å². The monoisotopic (exact) mass is 180 g/mol. The summed E-state index contributed by atoms with van der Waals surface area (Å²) in [5.41, 5.74) is 2.08. The van der Waals surface area contributed by atoms with Crippen LogP contribution in [0.25, 0.3) is 0 Å². The first kappa shape index (κ1) is 9.99. The van der Waals surface area contributed by atoms with E-state index >= 15 is 0 Å². The van der Waals surface area contributed by atoms with Gasteiger partial charge in [-0.25, -0.2) is 0 Å². The van der Waals surface area contributed by atoms with Crippen LogP contribution in [0.5, 0.6) is 0 Å². The average molecular weight is 180 g/mol. The largest absolute Gasteiger partial charge is 0.352 e. The minimum atomic E-state index is 0.0540. The molecule has 3 nitrogen and oxygen atoms in total. The molecule has 1 fully saturated rings. The van der Waals surface area contributed by atoms with Gasteiger partial charge in [0.1, 0.15) is 0 Å². The molecule has 1 amide bonds. The summed E-state index contributed by atoms with van der Waals surface area (Å²) in [6, 6.07) is 0. The number of nitrogens with one attached hydrogen (secondary N) is 2. The number of carbonyl (C=O) groups is 1. The zero-order valence-electron chi connectivity index (χ0n) is 8.02. The van der Waals surface area contributed by atoms with Gasteiger partial charge in [0.25, 0.3) is 0 Å². The fourth-order valence-electron chi connectivity index (χ4n) is 1.10. The third-order valence-electron chi connectivity index (χ3n) is 2.18. The van der Waals surface area contributed by atoms with Gasteiger partial charge in [-0.15, -0.1) is 6.58 Å². The second-order valence-corrected chi connectivity index (χ2v) is 3.17. The van der Waals surface area contributed by atoms with E-state index in [1.807, 2.05) is 6.92 Å². The average Bonchev–Trinajstić information content (AvgIpc) is 2.01. The van der Waals surface area contributed by atoms with Gasteiger partial charge in [-0.05, 0) is 18.9 Å². The lowest BCUT2D eigenvalue weighted by Crippen LogP contribution is -2.37. The van der Waals surface area contributed by atoms with Crippen LogP contribution >= 0.6 is 0 Å². The van der Waals surface area contributed by atoms with Gasteiger partial charge in [0.15, 0.2) is 0 Å². The SMILES string of the molecule is C=CCCNC(=O)C(C)=C1CNC1. The lowest BCUT2D eigenvalue weighted by Gasteiger charge is -2.21. The van der Waals surface area contributed by atoms with Gasteiger partial charge < -0.3 is 10.6 Å². The molecule has 0 spiro atoms. The molecule has 0 bridgehead atoms. The predicted molar refractivity (Wildman–Crippen MR) is 53.4 cm³/mol. The number of hydrogen-bond acceptors (Lipinski definition) is 2. The van der Waals surface area contributed by atoms with Crippen LogP contribution in [0.4, 0.5) is 0 Å². The molecule has 0 unspecified atom stereocenters. The number of rotatable bonds is 4. The summed E-state index contributed by atoms with van der Waals surface area (Å²) < 4.78 is 0. The Morgan fingerprint density at radius 1 is 1.69 bits per heavy atom. The molecular formula is C10H16N2O. The van der Waals surface area contributed by atoms with Crippen molar-refractivity contribution in [1.29, 1.82) is 0 Å². The molecule has 1 saturated heterocycles. The van der Waals surface area contributed by atoms with E-state index in [0.29, 0.717) is 6.54 Å². The van der Waals surface area contributed by atoms with Crippen molar-refractivity contribution in [3.63, 3.8) is 0 Å². The van der Waals surface area contributed by atoms with Crippen LogP contribution in [-0.2, 0) is 4.79 Å². The van der Waals surface area contributed by atoms with Crippen molar-refractivity contribution in [2.75, 3.05) is 19.6 Å². The van der Waals surface area contributed by atoms with E-state index in [2.05, 4.69) is 17.2 Å². The van der Waals surface area contributed by atoms with Crippen LogP contribution in [-0.4, -0.2) is 25.5 Å². The van der Waals surface area contributed by atoms with Crippen molar-refractivity contribution in [1.82, 2.24) is 10.6 Å². The second-order valence-electron chi connectivity index (χ2n) is 3.17. The van der Waals surface area contributed by atoms with E-state index < -0.39 is 0 Å². The third-order valence-corrected chi connectivity index (χ3v) is 2.18.